The van der Waals surface area contributed by atoms with Gasteiger partial charge in [-0.05, 0) is 61.6 Å². The number of fused-ring (bicyclic) bond motifs is 3. The number of hydrogen-bond donors (Lipinski definition) is 1. The molecule has 1 N–H and O–H groups in total. The molecular weight excluding hydrogens is 464 g/mol. The molecule has 0 aromatic heterocycles. The van der Waals surface area contributed by atoms with Gasteiger partial charge in [-0.2, -0.15) is 8.78 Å². The summed E-state index contributed by atoms with van der Waals surface area (Å²) >= 11 is 0. The van der Waals surface area contributed by atoms with E-state index in [1.165, 1.54) is 24.6 Å². The normalized spacial score (nSPS) is 25.1. The van der Waals surface area contributed by atoms with Gasteiger partial charge in [0, 0.05) is 41.5 Å². The summed E-state index contributed by atoms with van der Waals surface area (Å²) in [6, 6.07) is 7.42. The summed E-state index contributed by atoms with van der Waals surface area (Å²) in [4.78, 5) is 17.3. The minimum atomic E-state index is -3.10. The van der Waals surface area contributed by atoms with Gasteiger partial charge in [0.15, 0.2) is 11.5 Å². The molecule has 2 aromatic rings. The van der Waals surface area contributed by atoms with Gasteiger partial charge in [0.05, 0.1) is 6.54 Å². The molecule has 0 spiro atoms. The first kappa shape index (κ1) is 23.5. The van der Waals surface area contributed by atoms with E-state index in [1.807, 2.05) is 0 Å². The average Bonchev–Trinajstić information content (AvgIpc) is 3.20. The van der Waals surface area contributed by atoms with Crippen LogP contribution < -0.4 is 4.74 Å². The number of hydrogen-bond acceptors (Lipinski definition) is 4. The number of phenolic OH excluding ortho intramolecular Hbond substituents is 1. The van der Waals surface area contributed by atoms with Crippen LogP contribution in [-0.4, -0.2) is 52.6 Å². The fourth-order valence-electron chi connectivity index (χ4n) is 5.87. The largest absolute Gasteiger partial charge is 0.504 e. The van der Waals surface area contributed by atoms with Crippen LogP contribution in [0.1, 0.15) is 48.0 Å². The summed E-state index contributed by atoms with van der Waals surface area (Å²) in [6.07, 6.45) is 7.06. The maximum absolute atomic E-state index is 14.5. The van der Waals surface area contributed by atoms with Crippen molar-refractivity contribution in [2.75, 3.05) is 13.1 Å². The van der Waals surface area contributed by atoms with E-state index in [4.69, 9.17) is 0 Å². The molecule has 3 atom stereocenters. The Labute approximate surface area is 200 Å². The lowest BCUT2D eigenvalue weighted by Gasteiger charge is -2.44. The van der Waals surface area contributed by atoms with Gasteiger partial charge >= 0.3 is 6.61 Å². The number of aromatic hydroxyl groups is 1. The molecule has 9 heteroatoms. The number of phenols is 1. The summed E-state index contributed by atoms with van der Waals surface area (Å²) in [5.41, 5.74) is 1.18. The third-order valence-corrected chi connectivity index (χ3v) is 7.30. The van der Waals surface area contributed by atoms with E-state index in [-0.39, 0.29) is 29.6 Å². The van der Waals surface area contributed by atoms with Crippen molar-refractivity contribution in [3.8, 4) is 11.5 Å². The van der Waals surface area contributed by atoms with Crippen LogP contribution >= 0.6 is 0 Å². The molecule has 5 rings (SSSR count). The molecule has 35 heavy (non-hydrogen) atoms. The molecule has 0 bridgehead atoms. The third-order valence-electron chi connectivity index (χ3n) is 7.30. The van der Waals surface area contributed by atoms with Crippen molar-refractivity contribution in [2.45, 2.75) is 50.8 Å². The van der Waals surface area contributed by atoms with Gasteiger partial charge in [0.1, 0.15) is 11.6 Å². The van der Waals surface area contributed by atoms with E-state index in [2.05, 4.69) is 9.64 Å². The first-order valence-electron chi connectivity index (χ1n) is 11.8. The zero-order valence-electron chi connectivity index (χ0n) is 19.0. The summed E-state index contributed by atoms with van der Waals surface area (Å²) in [6.45, 7) is -2.42. The fourth-order valence-corrected chi connectivity index (χ4v) is 5.87. The Morgan fingerprint density at radius 1 is 1.11 bits per heavy atom. The van der Waals surface area contributed by atoms with E-state index in [9.17, 15) is 27.5 Å². The molecule has 2 heterocycles. The molecule has 0 radical (unpaired) electrons. The van der Waals surface area contributed by atoms with E-state index in [0.717, 1.165) is 49.6 Å². The number of amides is 1. The Morgan fingerprint density at radius 2 is 1.91 bits per heavy atom. The highest BCUT2D eigenvalue weighted by atomic mass is 19.3. The van der Waals surface area contributed by atoms with Crippen molar-refractivity contribution >= 4 is 12.0 Å². The molecule has 1 amide bonds. The van der Waals surface area contributed by atoms with Crippen molar-refractivity contribution in [1.82, 2.24) is 9.80 Å². The molecule has 2 aliphatic heterocycles. The second-order valence-corrected chi connectivity index (χ2v) is 9.46. The van der Waals surface area contributed by atoms with Crippen LogP contribution in [-0.2, 0) is 0 Å². The molecule has 1 aliphatic carbocycles. The number of carbonyl (C=O) groups is 1. The molecule has 2 aromatic carbocycles. The van der Waals surface area contributed by atoms with Crippen LogP contribution in [0, 0.1) is 17.6 Å². The number of nitrogens with zero attached hydrogens (tertiary/aromatic N) is 2. The summed E-state index contributed by atoms with van der Waals surface area (Å²) in [5.74, 6) is -2.16. The maximum Gasteiger partial charge on any atom is 0.387 e. The number of rotatable bonds is 4. The second kappa shape index (κ2) is 9.43. The van der Waals surface area contributed by atoms with Gasteiger partial charge in [0.25, 0.3) is 5.91 Å². The van der Waals surface area contributed by atoms with Gasteiger partial charge in [-0.1, -0.05) is 12.8 Å². The lowest BCUT2D eigenvalue weighted by atomic mass is 9.85. The number of benzene rings is 2. The minimum absolute atomic E-state index is 0.0607. The zero-order valence-corrected chi connectivity index (χ0v) is 19.0. The average molecular weight is 490 g/mol. The lowest BCUT2D eigenvalue weighted by molar-refractivity contribution is -0.0512. The Balaban J connectivity index is 1.46. The van der Waals surface area contributed by atoms with Gasteiger partial charge < -0.3 is 19.6 Å². The zero-order chi connectivity index (χ0) is 24.7. The van der Waals surface area contributed by atoms with E-state index in [0.29, 0.717) is 18.5 Å². The molecule has 3 aliphatic rings. The minimum Gasteiger partial charge on any atom is -0.504 e. The molecular formula is C26H26F4N2O3. The van der Waals surface area contributed by atoms with E-state index < -0.39 is 29.7 Å². The third kappa shape index (κ3) is 4.68. The number of piperazine rings is 1. The van der Waals surface area contributed by atoms with Crippen LogP contribution in [0.25, 0.3) is 6.08 Å². The topological polar surface area (TPSA) is 53.0 Å². The van der Waals surface area contributed by atoms with E-state index >= 15 is 0 Å². The number of alkyl halides is 2. The van der Waals surface area contributed by atoms with Crippen molar-refractivity contribution in [2.24, 2.45) is 5.92 Å². The predicted molar refractivity (Wildman–Crippen MR) is 121 cm³/mol. The lowest BCUT2D eigenvalue weighted by Crippen LogP contribution is -2.53. The quantitative estimate of drug-likeness (QED) is 0.583. The highest BCUT2D eigenvalue weighted by Gasteiger charge is 2.46. The monoisotopic (exact) mass is 490 g/mol. The highest BCUT2D eigenvalue weighted by molar-refractivity contribution is 5.95. The van der Waals surface area contributed by atoms with Crippen LogP contribution in [0.3, 0.4) is 0 Å². The highest BCUT2D eigenvalue weighted by Crippen LogP contribution is 2.44. The molecule has 1 saturated carbocycles. The van der Waals surface area contributed by atoms with Gasteiger partial charge in [-0.3, -0.25) is 4.79 Å². The van der Waals surface area contributed by atoms with Crippen LogP contribution in [0.2, 0.25) is 0 Å². The first-order chi connectivity index (χ1) is 16.8. The summed E-state index contributed by atoms with van der Waals surface area (Å²) < 4.78 is 57.2. The van der Waals surface area contributed by atoms with Crippen molar-refractivity contribution in [3.05, 3.63) is 64.9 Å². The van der Waals surface area contributed by atoms with Crippen molar-refractivity contribution < 1.29 is 32.2 Å². The molecule has 3 fully saturated rings. The van der Waals surface area contributed by atoms with E-state index in [1.54, 1.807) is 11.0 Å². The first-order valence-corrected chi connectivity index (χ1v) is 11.8. The Hall–Kier alpha value is -3.23. The van der Waals surface area contributed by atoms with Crippen molar-refractivity contribution in [1.29, 1.82) is 0 Å². The number of ether oxygens (including phenoxy) is 1. The Morgan fingerprint density at radius 3 is 2.66 bits per heavy atom. The molecule has 2 saturated heterocycles. The standard InChI is InChI=1S/C26H26F4N2O3/c27-18-7-5-15(21(28)12-18)9-19-13-31(14-20-10-16-3-1-2-4-22(16)32(19)20)25(34)17-6-8-24(23(33)11-17)35-26(29)30/h5-9,11-12,16,20,22,26,33H,1-4,10,13-14H2/b19-9-/t16-,20-,22?/m0/s1. The number of carbonyl (C=O) groups excluding carboxylic acids is 1. The summed E-state index contributed by atoms with van der Waals surface area (Å²) in [5, 5.41) is 10.1. The van der Waals surface area contributed by atoms with Crippen molar-refractivity contribution in [3.63, 3.8) is 0 Å². The SMILES string of the molecule is O=C(c1ccc(OC(F)F)c(O)c1)N1C/C(=C/c2ccc(F)cc2F)N2C3CCCC[C@H]3C[C@H]2C1. The van der Waals surface area contributed by atoms with Crippen LogP contribution in [0.15, 0.2) is 42.1 Å². The molecule has 5 nitrogen and oxygen atoms in total. The maximum atomic E-state index is 14.5. The Kier molecular flexibility index (Phi) is 6.34. The van der Waals surface area contributed by atoms with Gasteiger partial charge in [-0.15, -0.1) is 0 Å². The molecule has 1 unspecified atom stereocenters. The smallest absolute Gasteiger partial charge is 0.387 e. The summed E-state index contributed by atoms with van der Waals surface area (Å²) in [7, 11) is 0. The van der Waals surface area contributed by atoms with Gasteiger partial charge in [0.2, 0.25) is 0 Å². The van der Waals surface area contributed by atoms with Crippen LogP contribution in [0.5, 0.6) is 11.5 Å². The van der Waals surface area contributed by atoms with Crippen LogP contribution in [0.4, 0.5) is 17.6 Å². The molecule has 186 valence electrons. The predicted octanol–water partition coefficient (Wildman–Crippen LogP) is 5.40. The Bertz CT molecular complexity index is 1160. The van der Waals surface area contributed by atoms with Gasteiger partial charge in [-0.25, -0.2) is 8.78 Å². The fraction of sp³-hybridized carbons (Fsp3) is 0.423. The second-order valence-electron chi connectivity index (χ2n) is 9.46. The number of halogens is 4.